The van der Waals surface area contributed by atoms with E-state index in [1.807, 2.05) is 6.07 Å². The molecule has 4 nitrogen and oxygen atoms in total. The molecule has 1 fully saturated rings. The van der Waals surface area contributed by atoms with Gasteiger partial charge in [0, 0.05) is 12.7 Å². The van der Waals surface area contributed by atoms with Crippen molar-refractivity contribution in [3.63, 3.8) is 0 Å². The number of hydrogen-bond donors (Lipinski definition) is 3. The summed E-state index contributed by atoms with van der Waals surface area (Å²) in [4.78, 5) is 4.17. The van der Waals surface area contributed by atoms with Gasteiger partial charge in [0.2, 0.25) is 0 Å². The van der Waals surface area contributed by atoms with Crippen LogP contribution in [0.5, 0.6) is 0 Å². The zero-order valence-corrected chi connectivity index (χ0v) is 10.3. The van der Waals surface area contributed by atoms with Crippen molar-refractivity contribution >= 4 is 11.5 Å². The van der Waals surface area contributed by atoms with Crippen LogP contribution in [0, 0.1) is 5.92 Å². The fraction of sp³-hybridized carbons (Fsp3) is 0.615. The number of pyridine rings is 1. The molecule has 0 aromatic carbocycles. The van der Waals surface area contributed by atoms with E-state index in [0.29, 0.717) is 24.0 Å². The third kappa shape index (κ3) is 3.09. The van der Waals surface area contributed by atoms with E-state index in [4.69, 9.17) is 5.73 Å². The highest BCUT2D eigenvalue weighted by Crippen LogP contribution is 2.32. The predicted molar refractivity (Wildman–Crippen MR) is 69.7 cm³/mol. The molecule has 94 valence electrons. The molecule has 4 N–H and O–H groups in total. The van der Waals surface area contributed by atoms with Gasteiger partial charge in [-0.2, -0.15) is 0 Å². The van der Waals surface area contributed by atoms with E-state index in [-0.39, 0.29) is 0 Å². The van der Waals surface area contributed by atoms with Gasteiger partial charge in [-0.1, -0.05) is 19.8 Å². The van der Waals surface area contributed by atoms with Gasteiger partial charge in [-0.3, -0.25) is 0 Å². The Labute approximate surface area is 102 Å². The second-order valence-corrected chi connectivity index (χ2v) is 5.22. The zero-order valence-electron chi connectivity index (χ0n) is 10.3. The number of nitrogen functional groups attached to an aromatic ring is 1. The fourth-order valence-corrected chi connectivity index (χ4v) is 2.61. The number of nitrogens with two attached hydrogens (primary N) is 1. The number of rotatable bonds is 3. The number of nitrogens with one attached hydrogen (secondary N) is 1. The number of hydrogen-bond acceptors (Lipinski definition) is 4. The average Bonchev–Trinajstić information content (AvgIpc) is 2.28. The van der Waals surface area contributed by atoms with E-state index >= 15 is 0 Å². The number of anilines is 2. The molecule has 1 aliphatic carbocycles. The summed E-state index contributed by atoms with van der Waals surface area (Å²) in [6.45, 7) is 2.72. The van der Waals surface area contributed by atoms with Crippen LogP contribution in [-0.4, -0.2) is 22.2 Å². The van der Waals surface area contributed by atoms with E-state index < -0.39 is 5.60 Å². The van der Waals surface area contributed by atoms with Gasteiger partial charge < -0.3 is 16.2 Å². The minimum atomic E-state index is -0.609. The molecule has 1 saturated carbocycles. The maximum atomic E-state index is 10.5. The van der Waals surface area contributed by atoms with Crippen LogP contribution < -0.4 is 11.1 Å². The van der Waals surface area contributed by atoms with Gasteiger partial charge in [0.1, 0.15) is 5.82 Å². The number of aliphatic hydroxyl groups is 1. The largest absolute Gasteiger partial charge is 0.396 e. The van der Waals surface area contributed by atoms with Crippen molar-refractivity contribution in [2.24, 2.45) is 5.92 Å². The standard InChI is InChI=1S/C13H21N3O/c1-10-4-2-6-13(17,8-10)9-16-12-11(14)5-3-7-15-12/h3,5,7,10,17H,2,4,6,8-9,14H2,1H3,(H,15,16). The lowest BCUT2D eigenvalue weighted by Gasteiger charge is -2.35. The van der Waals surface area contributed by atoms with Crippen LogP contribution in [0.25, 0.3) is 0 Å². The molecule has 2 rings (SSSR count). The Hall–Kier alpha value is -1.29. The second-order valence-electron chi connectivity index (χ2n) is 5.22. The summed E-state index contributed by atoms with van der Waals surface area (Å²) in [6, 6.07) is 3.61. The van der Waals surface area contributed by atoms with Gasteiger partial charge in [-0.05, 0) is 30.9 Å². The highest BCUT2D eigenvalue weighted by atomic mass is 16.3. The lowest BCUT2D eigenvalue weighted by Crippen LogP contribution is -2.41. The first-order valence-electron chi connectivity index (χ1n) is 6.26. The summed E-state index contributed by atoms with van der Waals surface area (Å²) in [6.07, 6.45) is 5.72. The van der Waals surface area contributed by atoms with E-state index in [0.717, 1.165) is 19.3 Å². The van der Waals surface area contributed by atoms with Crippen molar-refractivity contribution in [1.82, 2.24) is 4.98 Å². The Morgan fingerprint density at radius 1 is 1.65 bits per heavy atom. The first-order valence-corrected chi connectivity index (χ1v) is 6.26. The van der Waals surface area contributed by atoms with Crippen LogP contribution in [0.15, 0.2) is 18.3 Å². The number of nitrogens with zero attached hydrogens (tertiary/aromatic N) is 1. The Morgan fingerprint density at radius 2 is 2.47 bits per heavy atom. The van der Waals surface area contributed by atoms with E-state index in [2.05, 4.69) is 17.2 Å². The molecule has 1 aliphatic rings. The topological polar surface area (TPSA) is 71.2 Å². The van der Waals surface area contributed by atoms with Gasteiger partial charge in [0.05, 0.1) is 11.3 Å². The molecule has 2 atom stereocenters. The molecule has 0 aliphatic heterocycles. The maximum absolute atomic E-state index is 10.5. The van der Waals surface area contributed by atoms with Crippen LogP contribution >= 0.6 is 0 Å². The third-order valence-electron chi connectivity index (χ3n) is 3.49. The molecule has 17 heavy (non-hydrogen) atoms. The summed E-state index contributed by atoms with van der Waals surface area (Å²) in [5, 5.41) is 13.6. The van der Waals surface area contributed by atoms with Crippen molar-refractivity contribution < 1.29 is 5.11 Å². The summed E-state index contributed by atoms with van der Waals surface area (Å²) < 4.78 is 0. The SMILES string of the molecule is CC1CCCC(O)(CNc2ncccc2N)C1. The van der Waals surface area contributed by atoms with Gasteiger partial charge in [-0.25, -0.2) is 4.98 Å². The Balaban J connectivity index is 1.95. The normalized spacial score (nSPS) is 28.9. The highest BCUT2D eigenvalue weighted by molar-refractivity contribution is 5.60. The Bertz CT molecular complexity index is 383. The lowest BCUT2D eigenvalue weighted by molar-refractivity contribution is -0.000810. The molecular weight excluding hydrogens is 214 g/mol. The quantitative estimate of drug-likeness (QED) is 0.749. The number of aromatic nitrogens is 1. The Kier molecular flexibility index (Phi) is 3.52. The minimum Gasteiger partial charge on any atom is -0.396 e. The van der Waals surface area contributed by atoms with Crippen molar-refractivity contribution in [3.05, 3.63) is 18.3 Å². The van der Waals surface area contributed by atoms with Crippen LogP contribution in [0.3, 0.4) is 0 Å². The molecule has 0 spiro atoms. The molecule has 0 bridgehead atoms. The maximum Gasteiger partial charge on any atom is 0.149 e. The molecule has 1 aromatic heterocycles. The fourth-order valence-electron chi connectivity index (χ4n) is 2.61. The van der Waals surface area contributed by atoms with Crippen molar-refractivity contribution in [3.8, 4) is 0 Å². The van der Waals surface area contributed by atoms with Crippen molar-refractivity contribution in [2.75, 3.05) is 17.6 Å². The lowest BCUT2D eigenvalue weighted by atomic mass is 9.79. The third-order valence-corrected chi connectivity index (χ3v) is 3.49. The molecule has 1 heterocycles. The Morgan fingerprint density at radius 3 is 3.18 bits per heavy atom. The van der Waals surface area contributed by atoms with Gasteiger partial charge in [0.25, 0.3) is 0 Å². The molecule has 1 aromatic rings. The second kappa shape index (κ2) is 4.92. The summed E-state index contributed by atoms with van der Waals surface area (Å²) >= 11 is 0. The zero-order chi connectivity index (χ0) is 12.3. The molecular formula is C13H21N3O. The van der Waals surface area contributed by atoms with Crippen molar-refractivity contribution in [1.29, 1.82) is 0 Å². The molecule has 0 amide bonds. The minimum absolute atomic E-state index is 0.526. The van der Waals surface area contributed by atoms with E-state index in [9.17, 15) is 5.11 Å². The average molecular weight is 235 g/mol. The van der Waals surface area contributed by atoms with Gasteiger partial charge in [0.15, 0.2) is 0 Å². The first kappa shape index (κ1) is 12.2. The molecule has 2 unspecified atom stereocenters. The smallest absolute Gasteiger partial charge is 0.149 e. The monoisotopic (exact) mass is 235 g/mol. The van der Waals surface area contributed by atoms with Crippen LogP contribution in [0.2, 0.25) is 0 Å². The first-order chi connectivity index (χ1) is 8.09. The molecule has 0 saturated heterocycles. The van der Waals surface area contributed by atoms with Crippen LogP contribution in [0.1, 0.15) is 32.6 Å². The van der Waals surface area contributed by atoms with Gasteiger partial charge >= 0.3 is 0 Å². The van der Waals surface area contributed by atoms with Gasteiger partial charge in [-0.15, -0.1) is 0 Å². The van der Waals surface area contributed by atoms with E-state index in [1.165, 1.54) is 6.42 Å². The van der Waals surface area contributed by atoms with Crippen molar-refractivity contribution in [2.45, 2.75) is 38.2 Å². The highest BCUT2D eigenvalue weighted by Gasteiger charge is 2.32. The summed E-state index contributed by atoms with van der Waals surface area (Å²) in [5.74, 6) is 1.26. The predicted octanol–water partition coefficient (Wildman–Crippen LogP) is 2.02. The summed E-state index contributed by atoms with van der Waals surface area (Å²) in [5.41, 5.74) is 5.82. The van der Waals surface area contributed by atoms with Crippen LogP contribution in [0.4, 0.5) is 11.5 Å². The van der Waals surface area contributed by atoms with Crippen LogP contribution in [-0.2, 0) is 0 Å². The summed E-state index contributed by atoms with van der Waals surface area (Å²) in [7, 11) is 0. The van der Waals surface area contributed by atoms with E-state index in [1.54, 1.807) is 12.3 Å². The molecule has 0 radical (unpaired) electrons. The molecule has 4 heteroatoms.